The number of rotatable bonds is 2. The van der Waals surface area contributed by atoms with Gasteiger partial charge in [0.1, 0.15) is 0 Å². The molecule has 2 N–H and O–H groups in total. The minimum Gasteiger partial charge on any atom is -0.481 e. The third kappa shape index (κ3) is 2.15. The van der Waals surface area contributed by atoms with Gasteiger partial charge in [0, 0.05) is 6.54 Å². The van der Waals surface area contributed by atoms with Crippen molar-refractivity contribution in [3.05, 3.63) is 0 Å². The van der Waals surface area contributed by atoms with Crippen LogP contribution in [-0.2, 0) is 4.79 Å². The van der Waals surface area contributed by atoms with Crippen molar-refractivity contribution < 1.29 is 9.90 Å². The van der Waals surface area contributed by atoms with Crippen molar-refractivity contribution in [2.24, 2.45) is 0 Å². The van der Waals surface area contributed by atoms with E-state index in [0.717, 1.165) is 13.0 Å². The molecule has 0 aromatic rings. The first-order chi connectivity index (χ1) is 4.29. The molecule has 0 fully saturated rings. The fourth-order valence-electron chi connectivity index (χ4n) is 0.693. The molecular weight excluding hydrogens is 138 g/mol. The Bertz CT molecular complexity index is 155. The lowest BCUT2D eigenvalue weighted by Gasteiger charge is -1.97. The Hall–Kier alpha value is -0.350. The zero-order chi connectivity index (χ0) is 6.69. The van der Waals surface area contributed by atoms with Gasteiger partial charge in [-0.2, -0.15) is 0 Å². The summed E-state index contributed by atoms with van der Waals surface area (Å²) in [5.74, 6) is -0.469. The summed E-state index contributed by atoms with van der Waals surface area (Å²) in [7, 11) is -0.132. The molecule has 0 bridgehead atoms. The summed E-state index contributed by atoms with van der Waals surface area (Å²) in [5.41, 5.74) is 0. The molecule has 1 aliphatic rings. The highest BCUT2D eigenvalue weighted by Crippen LogP contribution is 2.10. The maximum atomic E-state index is 10.1. The van der Waals surface area contributed by atoms with Crippen LogP contribution in [0.25, 0.3) is 0 Å². The molecule has 0 aliphatic carbocycles. The monoisotopic (exact) mass is 147 g/mol. The Morgan fingerprint density at radius 1 is 1.89 bits per heavy atom. The maximum absolute atomic E-state index is 10.1. The van der Waals surface area contributed by atoms with E-state index in [4.69, 9.17) is 5.11 Å². The van der Waals surface area contributed by atoms with Crippen LogP contribution >= 0.6 is 10.7 Å². The van der Waals surface area contributed by atoms with Crippen molar-refractivity contribution in [2.45, 2.75) is 6.42 Å². The van der Waals surface area contributed by atoms with Gasteiger partial charge < -0.3 is 5.11 Å². The van der Waals surface area contributed by atoms with Crippen molar-refractivity contribution in [1.82, 2.24) is 4.72 Å². The van der Waals surface area contributed by atoms with Gasteiger partial charge in [0.25, 0.3) is 0 Å². The summed E-state index contributed by atoms with van der Waals surface area (Å²) in [4.78, 5) is 10.1. The molecule has 0 radical (unpaired) electrons. The fraction of sp³-hybridized carbons (Fsp3) is 0.600. The Morgan fingerprint density at radius 2 is 2.67 bits per heavy atom. The summed E-state index contributed by atoms with van der Waals surface area (Å²) >= 11 is 0. The number of carboxylic acids is 1. The Labute approximate surface area is 56.1 Å². The summed E-state index contributed by atoms with van der Waals surface area (Å²) in [6.07, 6.45) is 1.01. The number of aliphatic carboxylic acids is 1. The van der Waals surface area contributed by atoms with Crippen molar-refractivity contribution in [3.8, 4) is 0 Å². The van der Waals surface area contributed by atoms with E-state index >= 15 is 0 Å². The Morgan fingerprint density at radius 3 is 3.11 bits per heavy atom. The number of nitrogens with one attached hydrogen (secondary N) is 1. The fourth-order valence-corrected chi connectivity index (χ4v) is 2.08. The zero-order valence-electron chi connectivity index (χ0n) is 4.96. The van der Waals surface area contributed by atoms with E-state index in [2.05, 4.69) is 4.72 Å². The average Bonchev–Trinajstić information content (AvgIpc) is 2.15. The van der Waals surface area contributed by atoms with Gasteiger partial charge >= 0.3 is 5.97 Å². The molecule has 0 spiro atoms. The molecule has 1 atom stereocenters. The quantitative estimate of drug-likeness (QED) is 0.543. The largest absolute Gasteiger partial charge is 0.481 e. The van der Waals surface area contributed by atoms with Gasteiger partial charge in [0.05, 0.1) is 5.75 Å². The number of hydrogen-bond acceptors (Lipinski definition) is 2. The molecule has 3 nitrogen and oxygen atoms in total. The predicted octanol–water partition coefficient (Wildman–Crippen LogP) is 0.0504. The molecule has 4 heteroatoms. The molecule has 1 aliphatic heterocycles. The first-order valence-corrected chi connectivity index (χ1v) is 4.23. The molecule has 52 valence electrons. The highest BCUT2D eigenvalue weighted by atomic mass is 32.2. The number of carboxylic acid groups (broad SMARTS) is 1. The maximum Gasteiger partial charge on any atom is 0.314 e. The van der Waals surface area contributed by atoms with Gasteiger partial charge in [0.2, 0.25) is 0 Å². The van der Waals surface area contributed by atoms with E-state index in [0.29, 0.717) is 0 Å². The van der Waals surface area contributed by atoms with Gasteiger partial charge in [0.15, 0.2) is 0 Å². The van der Waals surface area contributed by atoms with Gasteiger partial charge in [-0.25, -0.2) is 0 Å². The smallest absolute Gasteiger partial charge is 0.314 e. The van der Waals surface area contributed by atoms with Crippen molar-refractivity contribution in [1.29, 1.82) is 0 Å². The van der Waals surface area contributed by atoms with Crippen LogP contribution in [0.3, 0.4) is 0 Å². The third-order valence-electron chi connectivity index (χ3n) is 1.03. The lowest BCUT2D eigenvalue weighted by molar-refractivity contribution is -0.133. The summed E-state index contributed by atoms with van der Waals surface area (Å²) in [5, 5.41) is 10.4. The standard InChI is InChI=1S/C5H9NO2S/c7-5(8)4-9-3-1-2-6-9/h3,6H,1-2,4H2,(H,7,8). The second-order valence-corrected chi connectivity index (χ2v) is 3.59. The highest BCUT2D eigenvalue weighted by molar-refractivity contribution is 8.14. The molecule has 1 heterocycles. The van der Waals surface area contributed by atoms with E-state index in [1.807, 2.05) is 5.37 Å². The van der Waals surface area contributed by atoms with Crippen LogP contribution in [0.15, 0.2) is 0 Å². The molecule has 1 rings (SSSR count). The highest BCUT2D eigenvalue weighted by Gasteiger charge is 2.04. The van der Waals surface area contributed by atoms with Crippen molar-refractivity contribution in [3.63, 3.8) is 0 Å². The van der Waals surface area contributed by atoms with E-state index in [1.165, 1.54) is 0 Å². The number of hydrogen-bond donors (Lipinski definition) is 2. The molecule has 0 aromatic heterocycles. The normalized spacial score (nSPS) is 25.6. The van der Waals surface area contributed by atoms with E-state index in [-0.39, 0.29) is 16.4 Å². The Kier molecular flexibility index (Phi) is 2.24. The van der Waals surface area contributed by atoms with E-state index in [1.54, 1.807) is 0 Å². The van der Waals surface area contributed by atoms with Crippen LogP contribution in [0.4, 0.5) is 0 Å². The first-order valence-electron chi connectivity index (χ1n) is 2.77. The van der Waals surface area contributed by atoms with Crippen LogP contribution in [-0.4, -0.2) is 28.7 Å². The van der Waals surface area contributed by atoms with Crippen LogP contribution in [0.1, 0.15) is 6.42 Å². The second-order valence-electron chi connectivity index (χ2n) is 1.82. The molecule has 0 aromatic carbocycles. The van der Waals surface area contributed by atoms with Crippen molar-refractivity contribution >= 4 is 22.0 Å². The SMILES string of the molecule is O=C(O)CS1=CCCN1. The number of carbonyl (C=O) groups is 1. The lowest BCUT2D eigenvalue weighted by atomic mass is 10.5. The molecule has 0 amide bonds. The summed E-state index contributed by atoms with van der Waals surface area (Å²) in [6, 6.07) is 0. The molecule has 0 saturated carbocycles. The average molecular weight is 147 g/mol. The van der Waals surface area contributed by atoms with Crippen LogP contribution in [0, 0.1) is 0 Å². The Balaban J connectivity index is 2.35. The molecule has 1 unspecified atom stereocenters. The topological polar surface area (TPSA) is 49.3 Å². The van der Waals surface area contributed by atoms with Crippen LogP contribution in [0.5, 0.6) is 0 Å². The predicted molar refractivity (Wildman–Crippen MR) is 38.8 cm³/mol. The molecule has 0 saturated heterocycles. The van der Waals surface area contributed by atoms with E-state index in [9.17, 15) is 4.79 Å². The van der Waals surface area contributed by atoms with Crippen LogP contribution < -0.4 is 4.72 Å². The zero-order valence-corrected chi connectivity index (χ0v) is 5.78. The third-order valence-corrected chi connectivity index (χ3v) is 2.80. The van der Waals surface area contributed by atoms with Gasteiger partial charge in [-0.15, -0.1) is 10.7 Å². The van der Waals surface area contributed by atoms with Gasteiger partial charge in [-0.1, -0.05) is 0 Å². The van der Waals surface area contributed by atoms with Crippen LogP contribution in [0.2, 0.25) is 0 Å². The van der Waals surface area contributed by atoms with Gasteiger partial charge in [-0.05, 0) is 11.8 Å². The molecule has 9 heavy (non-hydrogen) atoms. The second kappa shape index (κ2) is 2.98. The minimum atomic E-state index is -0.719. The summed E-state index contributed by atoms with van der Waals surface area (Å²) in [6.45, 7) is 0.941. The summed E-state index contributed by atoms with van der Waals surface area (Å²) < 4.78 is 3.08. The van der Waals surface area contributed by atoms with E-state index < -0.39 is 5.97 Å². The van der Waals surface area contributed by atoms with Gasteiger partial charge in [-0.3, -0.25) is 9.52 Å². The van der Waals surface area contributed by atoms with Crippen molar-refractivity contribution in [2.75, 3.05) is 12.3 Å². The minimum absolute atomic E-state index is 0.132. The molecular formula is C5H9NO2S. The first kappa shape index (κ1) is 6.77. The lowest BCUT2D eigenvalue weighted by Crippen LogP contribution is -2.08.